The number of pyridine rings is 1. The van der Waals surface area contributed by atoms with Gasteiger partial charge >= 0.3 is 0 Å². The number of rotatable bonds is 6. The van der Waals surface area contributed by atoms with E-state index in [-0.39, 0.29) is 0 Å². The van der Waals surface area contributed by atoms with E-state index >= 15 is 0 Å². The third-order valence-electron chi connectivity index (χ3n) is 6.66. The van der Waals surface area contributed by atoms with Gasteiger partial charge in [-0.2, -0.15) is 0 Å². The molecular formula is C24H33N7. The summed E-state index contributed by atoms with van der Waals surface area (Å²) in [5.41, 5.74) is 11.4. The first-order valence-corrected chi connectivity index (χ1v) is 11.8. The molecule has 0 atom stereocenters. The number of H-pyrrole nitrogens is 1. The Morgan fingerprint density at radius 3 is 2.74 bits per heavy atom. The van der Waals surface area contributed by atoms with Crippen LogP contribution in [0, 0.1) is 0 Å². The van der Waals surface area contributed by atoms with E-state index in [1.807, 2.05) is 18.5 Å². The Morgan fingerprint density at radius 2 is 1.97 bits per heavy atom. The van der Waals surface area contributed by atoms with Gasteiger partial charge in [0, 0.05) is 54.2 Å². The lowest BCUT2D eigenvalue weighted by molar-refractivity contribution is 0.411. The van der Waals surface area contributed by atoms with Crippen LogP contribution in [0.4, 0.5) is 11.6 Å². The van der Waals surface area contributed by atoms with Crippen LogP contribution in [0.5, 0.6) is 0 Å². The Kier molecular flexibility index (Phi) is 5.76. The highest BCUT2D eigenvalue weighted by atomic mass is 15.3. The fourth-order valence-corrected chi connectivity index (χ4v) is 4.92. The van der Waals surface area contributed by atoms with Crippen molar-refractivity contribution in [2.75, 3.05) is 23.3 Å². The quantitative estimate of drug-likeness (QED) is 0.553. The van der Waals surface area contributed by atoms with E-state index in [0.29, 0.717) is 12.1 Å². The summed E-state index contributed by atoms with van der Waals surface area (Å²) in [6.45, 7) is 4.27. The average molecular weight is 420 g/mol. The van der Waals surface area contributed by atoms with Crippen molar-refractivity contribution in [2.24, 2.45) is 5.73 Å². The molecule has 7 heteroatoms. The zero-order valence-corrected chi connectivity index (χ0v) is 18.4. The number of hydrogen-bond acceptors (Lipinski definition) is 6. The molecule has 2 fully saturated rings. The van der Waals surface area contributed by atoms with Gasteiger partial charge in [0.25, 0.3) is 0 Å². The zero-order valence-electron chi connectivity index (χ0n) is 18.4. The largest absolute Gasteiger partial charge is 0.381 e. The molecule has 2 aliphatic rings. The Labute approximate surface area is 183 Å². The van der Waals surface area contributed by atoms with Gasteiger partial charge in [0.15, 0.2) is 0 Å². The lowest BCUT2D eigenvalue weighted by Crippen LogP contribution is -2.33. The fourth-order valence-electron chi connectivity index (χ4n) is 4.92. The molecule has 1 saturated heterocycles. The number of nitrogens with one attached hydrogen (secondary N) is 2. The summed E-state index contributed by atoms with van der Waals surface area (Å²) in [7, 11) is 0. The molecule has 31 heavy (non-hydrogen) atoms. The van der Waals surface area contributed by atoms with Crippen LogP contribution in [-0.4, -0.2) is 45.1 Å². The van der Waals surface area contributed by atoms with Gasteiger partial charge in [0.05, 0.1) is 11.4 Å². The molecule has 0 aromatic carbocycles. The van der Waals surface area contributed by atoms with Crippen molar-refractivity contribution in [1.29, 1.82) is 0 Å². The zero-order chi connectivity index (χ0) is 21.2. The van der Waals surface area contributed by atoms with Crippen molar-refractivity contribution in [3.8, 4) is 11.3 Å². The third kappa shape index (κ3) is 4.24. The van der Waals surface area contributed by atoms with Crippen LogP contribution in [0.2, 0.25) is 0 Å². The molecule has 1 aliphatic carbocycles. The number of fused-ring (bicyclic) bond motifs is 1. The van der Waals surface area contributed by atoms with Crippen LogP contribution >= 0.6 is 0 Å². The summed E-state index contributed by atoms with van der Waals surface area (Å²) in [6.07, 6.45) is 12.7. The maximum Gasteiger partial charge on any atom is 0.225 e. The molecular weight excluding hydrogens is 386 g/mol. The molecule has 5 rings (SSSR count). The summed E-state index contributed by atoms with van der Waals surface area (Å²) in [4.78, 5) is 20.0. The number of nitrogens with two attached hydrogens (primary N) is 1. The van der Waals surface area contributed by atoms with Crippen LogP contribution in [-0.2, 0) is 6.42 Å². The van der Waals surface area contributed by atoms with Crippen molar-refractivity contribution < 1.29 is 0 Å². The van der Waals surface area contributed by atoms with Crippen LogP contribution in [0.3, 0.4) is 0 Å². The van der Waals surface area contributed by atoms with Crippen molar-refractivity contribution in [2.45, 2.75) is 70.4 Å². The fraction of sp³-hybridized carbons (Fsp3) is 0.542. The van der Waals surface area contributed by atoms with Crippen LogP contribution in [0.15, 0.2) is 24.5 Å². The molecule has 4 heterocycles. The summed E-state index contributed by atoms with van der Waals surface area (Å²) < 4.78 is 0. The Morgan fingerprint density at radius 1 is 1.16 bits per heavy atom. The molecule has 0 spiro atoms. The topological polar surface area (TPSA) is 95.8 Å². The lowest BCUT2D eigenvalue weighted by Gasteiger charge is -2.28. The number of nitrogens with zero attached hydrogens (tertiary/aromatic N) is 4. The van der Waals surface area contributed by atoms with E-state index in [1.165, 1.54) is 18.5 Å². The predicted octanol–water partition coefficient (Wildman–Crippen LogP) is 4.25. The Balaban J connectivity index is 1.55. The van der Waals surface area contributed by atoms with Gasteiger partial charge in [-0.25, -0.2) is 15.0 Å². The molecule has 0 radical (unpaired) electrons. The summed E-state index contributed by atoms with van der Waals surface area (Å²) >= 11 is 0. The van der Waals surface area contributed by atoms with E-state index in [4.69, 9.17) is 15.7 Å². The van der Waals surface area contributed by atoms with E-state index in [1.54, 1.807) is 0 Å². The second-order valence-corrected chi connectivity index (χ2v) is 9.05. The lowest BCUT2D eigenvalue weighted by atomic mass is 9.91. The Bertz CT molecular complexity index is 1030. The molecule has 0 bridgehead atoms. The molecule has 1 aliphatic heterocycles. The minimum atomic E-state index is 0.336. The van der Waals surface area contributed by atoms with E-state index in [9.17, 15) is 0 Å². The van der Waals surface area contributed by atoms with Gasteiger partial charge < -0.3 is 20.9 Å². The van der Waals surface area contributed by atoms with Gasteiger partial charge in [-0.3, -0.25) is 0 Å². The predicted molar refractivity (Wildman–Crippen MR) is 126 cm³/mol. The first-order chi connectivity index (χ1) is 15.2. The first-order valence-electron chi connectivity index (χ1n) is 11.8. The molecule has 164 valence electrons. The van der Waals surface area contributed by atoms with Crippen molar-refractivity contribution >= 4 is 22.7 Å². The molecule has 3 aromatic rings. The van der Waals surface area contributed by atoms with Crippen LogP contribution in [0.1, 0.15) is 57.6 Å². The molecule has 0 unspecified atom stereocenters. The first kappa shape index (κ1) is 20.2. The van der Waals surface area contributed by atoms with Gasteiger partial charge in [0.1, 0.15) is 5.65 Å². The maximum absolute atomic E-state index is 6.15. The second-order valence-electron chi connectivity index (χ2n) is 9.05. The van der Waals surface area contributed by atoms with Crippen molar-refractivity contribution in [3.05, 3.63) is 30.2 Å². The molecule has 3 aromatic heterocycles. The number of anilines is 2. The smallest absolute Gasteiger partial charge is 0.225 e. The number of aryl methyl sites for hydroxylation is 1. The van der Waals surface area contributed by atoms with Gasteiger partial charge in [0.2, 0.25) is 5.95 Å². The summed E-state index contributed by atoms with van der Waals surface area (Å²) in [6, 6.07) is 5.02. The second kappa shape index (κ2) is 8.83. The summed E-state index contributed by atoms with van der Waals surface area (Å²) in [5.74, 6) is 0.824. The van der Waals surface area contributed by atoms with Crippen LogP contribution in [0.25, 0.3) is 22.3 Å². The molecule has 7 nitrogen and oxygen atoms in total. The van der Waals surface area contributed by atoms with Gasteiger partial charge in [-0.15, -0.1) is 0 Å². The van der Waals surface area contributed by atoms with Gasteiger partial charge in [-0.1, -0.05) is 13.3 Å². The van der Waals surface area contributed by atoms with E-state index < -0.39 is 0 Å². The minimum absolute atomic E-state index is 0.336. The highest BCUT2D eigenvalue weighted by Crippen LogP contribution is 2.36. The maximum atomic E-state index is 6.15. The Hall–Kier alpha value is -2.67. The van der Waals surface area contributed by atoms with Gasteiger partial charge in [-0.05, 0) is 57.1 Å². The molecule has 0 amide bonds. The van der Waals surface area contributed by atoms with E-state index in [2.05, 4.69) is 33.2 Å². The third-order valence-corrected chi connectivity index (χ3v) is 6.66. The number of aromatic nitrogens is 4. The number of hydrogen-bond donors (Lipinski definition) is 3. The van der Waals surface area contributed by atoms with Crippen molar-refractivity contribution in [3.63, 3.8) is 0 Å². The highest BCUT2D eigenvalue weighted by Gasteiger charge is 2.23. The molecule has 4 N–H and O–H groups in total. The van der Waals surface area contributed by atoms with E-state index in [0.717, 1.165) is 85.5 Å². The SMILES string of the molecule is CCCc1cc2c(N[C@H]3CC[C@H](N)CC3)c(-c3ccnc(N4CCCC4)n3)cnc2[nH]1. The summed E-state index contributed by atoms with van der Waals surface area (Å²) in [5, 5.41) is 5.02. The van der Waals surface area contributed by atoms with Crippen LogP contribution < -0.4 is 16.0 Å². The molecule has 1 saturated carbocycles. The normalized spacial score (nSPS) is 21.7. The minimum Gasteiger partial charge on any atom is -0.381 e. The standard InChI is InChI=1S/C24H33N7/c1-2-5-18-14-19-22(28-17-8-6-16(25)7-9-17)20(15-27-23(19)29-18)21-10-11-26-24(30-21)31-12-3-4-13-31/h10-11,14-17H,2-9,12-13,25H2,1H3,(H2,27,28,29)/t16-,17-. The highest BCUT2D eigenvalue weighted by molar-refractivity contribution is 5.98. The monoisotopic (exact) mass is 419 g/mol. The van der Waals surface area contributed by atoms with Crippen molar-refractivity contribution in [1.82, 2.24) is 19.9 Å². The number of aromatic amines is 1. The average Bonchev–Trinajstić information content (AvgIpc) is 3.46.